The molecular weight excluding hydrogens is 356 g/mol. The molecule has 3 fully saturated rings. The average molecular weight is 384 g/mol. The summed E-state index contributed by atoms with van der Waals surface area (Å²) in [5, 5.41) is 2.82. The Kier molecular flexibility index (Phi) is 5.10. The molecule has 1 aromatic rings. The van der Waals surface area contributed by atoms with Gasteiger partial charge in [0.2, 0.25) is 5.91 Å². The minimum absolute atomic E-state index is 0.123. The van der Waals surface area contributed by atoms with E-state index in [0.717, 1.165) is 30.8 Å². The Morgan fingerprint density at radius 2 is 1.71 bits per heavy atom. The fraction of sp³-hybridized carbons (Fsp3) is 0.571. The predicted octanol–water partition coefficient (Wildman–Crippen LogP) is 1.41. The van der Waals surface area contributed by atoms with Gasteiger partial charge in [0, 0.05) is 20.1 Å². The van der Waals surface area contributed by atoms with E-state index in [1.54, 1.807) is 0 Å². The molecule has 0 saturated carbocycles. The van der Waals surface area contributed by atoms with Crippen molar-refractivity contribution in [2.45, 2.75) is 37.1 Å². The smallest absolute Gasteiger partial charge is 0.324 e. The molecule has 0 radical (unpaired) electrons. The highest BCUT2D eigenvalue weighted by Crippen LogP contribution is 2.30. The first kappa shape index (κ1) is 18.9. The number of piperidine rings is 2. The van der Waals surface area contributed by atoms with Gasteiger partial charge in [0.05, 0.1) is 6.54 Å². The van der Waals surface area contributed by atoms with Crippen molar-refractivity contribution in [3.63, 3.8) is 0 Å². The Morgan fingerprint density at radius 3 is 2.29 bits per heavy atom. The fourth-order valence-corrected chi connectivity index (χ4v) is 4.67. The van der Waals surface area contributed by atoms with Gasteiger partial charge in [-0.2, -0.15) is 0 Å². The van der Waals surface area contributed by atoms with Crippen molar-refractivity contribution >= 4 is 17.8 Å². The number of hydrogen-bond donors (Lipinski definition) is 1. The number of likely N-dealkylation sites (N-methyl/N-ethyl adjacent to an activating group) is 1. The van der Waals surface area contributed by atoms with Crippen LogP contribution < -0.4 is 5.32 Å². The molecule has 1 spiro atoms. The molecule has 4 amide bonds. The van der Waals surface area contributed by atoms with Crippen LogP contribution in [0.4, 0.5) is 4.79 Å². The number of likely N-dealkylation sites (tertiary alicyclic amines) is 2. The SMILES string of the molecule is CN1C(=O)NC2(CCN(C(=O)CN3CCC(c4ccccc4)CC3)CC2)C1=O. The minimum Gasteiger partial charge on any atom is -0.341 e. The molecule has 3 aliphatic rings. The molecule has 150 valence electrons. The van der Waals surface area contributed by atoms with Crippen LogP contribution >= 0.6 is 0 Å². The molecule has 1 aromatic carbocycles. The van der Waals surface area contributed by atoms with Crippen LogP contribution in [0.15, 0.2) is 30.3 Å². The number of amides is 4. The van der Waals surface area contributed by atoms with E-state index < -0.39 is 5.54 Å². The number of imide groups is 1. The van der Waals surface area contributed by atoms with Crippen LogP contribution in [0.3, 0.4) is 0 Å². The van der Waals surface area contributed by atoms with Crippen molar-refractivity contribution in [1.29, 1.82) is 0 Å². The Morgan fingerprint density at radius 1 is 1.07 bits per heavy atom. The zero-order valence-corrected chi connectivity index (χ0v) is 16.4. The molecule has 0 unspecified atom stereocenters. The van der Waals surface area contributed by atoms with E-state index in [0.29, 0.717) is 38.4 Å². The van der Waals surface area contributed by atoms with Crippen LogP contribution in [0.1, 0.15) is 37.2 Å². The van der Waals surface area contributed by atoms with Gasteiger partial charge >= 0.3 is 6.03 Å². The highest BCUT2D eigenvalue weighted by Gasteiger charge is 2.51. The summed E-state index contributed by atoms with van der Waals surface area (Å²) < 4.78 is 0. The fourth-order valence-electron chi connectivity index (χ4n) is 4.67. The number of nitrogens with zero attached hydrogens (tertiary/aromatic N) is 3. The predicted molar refractivity (Wildman–Crippen MR) is 105 cm³/mol. The minimum atomic E-state index is -0.809. The number of nitrogens with one attached hydrogen (secondary N) is 1. The van der Waals surface area contributed by atoms with Crippen molar-refractivity contribution in [1.82, 2.24) is 20.0 Å². The second-order valence-electron chi connectivity index (χ2n) is 8.22. The lowest BCUT2D eigenvalue weighted by molar-refractivity contribution is -0.138. The third-order valence-corrected chi connectivity index (χ3v) is 6.55. The van der Waals surface area contributed by atoms with Gasteiger partial charge in [-0.1, -0.05) is 30.3 Å². The van der Waals surface area contributed by atoms with Crippen LogP contribution in [-0.4, -0.2) is 77.9 Å². The van der Waals surface area contributed by atoms with Gasteiger partial charge in [0.25, 0.3) is 5.91 Å². The van der Waals surface area contributed by atoms with Gasteiger partial charge in [0.1, 0.15) is 5.54 Å². The Bertz CT molecular complexity index is 750. The lowest BCUT2D eigenvalue weighted by Gasteiger charge is -2.38. The standard InChI is InChI=1S/C21H28N4O3/c1-23-19(27)21(22-20(23)28)9-13-25(14-10-21)18(26)15-24-11-7-17(8-12-24)16-5-3-2-4-6-16/h2-6,17H,7-15H2,1H3,(H,22,28). The van der Waals surface area contributed by atoms with Crippen LogP contribution in [0, 0.1) is 0 Å². The van der Waals surface area contributed by atoms with Gasteiger partial charge in [-0.3, -0.25) is 19.4 Å². The van der Waals surface area contributed by atoms with Crippen molar-refractivity contribution in [3.8, 4) is 0 Å². The number of benzene rings is 1. The lowest BCUT2D eigenvalue weighted by atomic mass is 9.87. The normalized spacial score (nSPS) is 23.3. The molecule has 3 heterocycles. The van der Waals surface area contributed by atoms with Crippen LogP contribution in [0.2, 0.25) is 0 Å². The molecule has 0 bridgehead atoms. The number of carbonyl (C=O) groups excluding carboxylic acids is 3. The van der Waals surface area contributed by atoms with Gasteiger partial charge in [-0.05, 0) is 50.3 Å². The van der Waals surface area contributed by atoms with E-state index in [1.807, 2.05) is 11.0 Å². The quantitative estimate of drug-likeness (QED) is 0.800. The monoisotopic (exact) mass is 384 g/mol. The molecule has 3 saturated heterocycles. The van der Waals surface area contributed by atoms with E-state index in [4.69, 9.17) is 0 Å². The van der Waals surface area contributed by atoms with Crippen LogP contribution in [0.5, 0.6) is 0 Å². The van der Waals surface area contributed by atoms with Gasteiger partial charge in [0.15, 0.2) is 0 Å². The van der Waals surface area contributed by atoms with Gasteiger partial charge < -0.3 is 10.2 Å². The van der Waals surface area contributed by atoms with Crippen molar-refractivity contribution in [3.05, 3.63) is 35.9 Å². The maximum Gasteiger partial charge on any atom is 0.324 e. The topological polar surface area (TPSA) is 73.0 Å². The molecule has 7 heteroatoms. The number of rotatable bonds is 3. The first-order valence-corrected chi connectivity index (χ1v) is 10.1. The second kappa shape index (κ2) is 7.54. The molecule has 7 nitrogen and oxygen atoms in total. The summed E-state index contributed by atoms with van der Waals surface area (Å²) in [5.41, 5.74) is 0.583. The molecule has 0 aliphatic carbocycles. The number of hydrogen-bond acceptors (Lipinski definition) is 4. The van der Waals surface area contributed by atoms with E-state index in [1.165, 1.54) is 12.6 Å². The summed E-state index contributed by atoms with van der Waals surface area (Å²) in [5.74, 6) is 0.530. The number of urea groups is 1. The highest BCUT2D eigenvalue weighted by molar-refractivity contribution is 6.06. The molecule has 1 N–H and O–H groups in total. The first-order valence-electron chi connectivity index (χ1n) is 10.1. The maximum atomic E-state index is 12.7. The van der Waals surface area contributed by atoms with E-state index >= 15 is 0 Å². The zero-order valence-electron chi connectivity index (χ0n) is 16.4. The lowest BCUT2D eigenvalue weighted by Crippen LogP contribution is -2.56. The number of carbonyl (C=O) groups is 3. The van der Waals surface area contributed by atoms with Crippen molar-refractivity contribution in [2.24, 2.45) is 0 Å². The second-order valence-corrected chi connectivity index (χ2v) is 8.22. The Hall–Kier alpha value is -2.41. The summed E-state index contributed by atoms with van der Waals surface area (Å²) >= 11 is 0. The molecule has 0 aromatic heterocycles. The Labute approximate surface area is 165 Å². The average Bonchev–Trinajstić information content (AvgIpc) is 2.93. The summed E-state index contributed by atoms with van der Waals surface area (Å²) in [7, 11) is 1.50. The molecule has 3 aliphatic heterocycles. The Balaban J connectivity index is 1.26. The summed E-state index contributed by atoms with van der Waals surface area (Å²) in [6, 6.07) is 10.3. The largest absolute Gasteiger partial charge is 0.341 e. The summed E-state index contributed by atoms with van der Waals surface area (Å²) in [4.78, 5) is 42.1. The van der Waals surface area contributed by atoms with Crippen LogP contribution in [-0.2, 0) is 9.59 Å². The molecule has 0 atom stereocenters. The third kappa shape index (κ3) is 3.51. The molecular formula is C21H28N4O3. The van der Waals surface area contributed by atoms with E-state index in [-0.39, 0.29) is 17.8 Å². The van der Waals surface area contributed by atoms with E-state index in [9.17, 15) is 14.4 Å². The van der Waals surface area contributed by atoms with Crippen LogP contribution in [0.25, 0.3) is 0 Å². The highest BCUT2D eigenvalue weighted by atomic mass is 16.2. The first-order chi connectivity index (χ1) is 13.5. The summed E-state index contributed by atoms with van der Waals surface area (Å²) in [6.45, 7) is 3.33. The van der Waals surface area contributed by atoms with Gasteiger partial charge in [-0.15, -0.1) is 0 Å². The van der Waals surface area contributed by atoms with Crippen molar-refractivity contribution in [2.75, 3.05) is 39.8 Å². The molecule has 4 rings (SSSR count). The zero-order chi connectivity index (χ0) is 19.7. The van der Waals surface area contributed by atoms with Crippen molar-refractivity contribution < 1.29 is 14.4 Å². The summed E-state index contributed by atoms with van der Waals surface area (Å²) in [6.07, 6.45) is 3.13. The van der Waals surface area contributed by atoms with E-state index in [2.05, 4.69) is 34.5 Å². The third-order valence-electron chi connectivity index (χ3n) is 6.55. The maximum absolute atomic E-state index is 12.7. The molecule has 28 heavy (non-hydrogen) atoms. The van der Waals surface area contributed by atoms with Gasteiger partial charge in [-0.25, -0.2) is 4.79 Å².